The highest BCUT2D eigenvalue weighted by Crippen LogP contribution is 2.09. The number of nitrogens with two attached hydrogens (primary N) is 1. The number of aromatic nitrogens is 2. The first-order valence-electron chi connectivity index (χ1n) is 6.63. The van der Waals surface area contributed by atoms with Gasteiger partial charge in [-0.1, -0.05) is 12.1 Å². The Hall–Kier alpha value is -2.30. The zero-order valence-corrected chi connectivity index (χ0v) is 11.6. The average Bonchev–Trinajstić information content (AvgIpc) is 2.82. The number of carbonyl (C=O) groups excluding carboxylic acids is 1. The molecule has 5 heteroatoms. The van der Waals surface area contributed by atoms with Crippen molar-refractivity contribution < 1.29 is 9.53 Å². The van der Waals surface area contributed by atoms with Gasteiger partial charge in [-0.3, -0.25) is 4.79 Å². The van der Waals surface area contributed by atoms with Gasteiger partial charge in [0.15, 0.2) is 0 Å². The highest BCUT2D eigenvalue weighted by atomic mass is 16.5. The number of imidazole rings is 1. The molecule has 2 N–H and O–H groups in total. The molecule has 106 valence electrons. The standard InChI is InChI=1S/C15H19N3O2/c1-12-17-7-8-18(12)9-10-20-15(19)6-5-13-3-2-4-14(16)11-13/h2-4,7-8,11H,5-6,9-10,16H2,1H3. The molecule has 0 aliphatic carbocycles. The molecule has 0 saturated heterocycles. The highest BCUT2D eigenvalue weighted by Gasteiger charge is 2.04. The Balaban J connectivity index is 1.69. The van der Waals surface area contributed by atoms with E-state index in [1.807, 2.05) is 42.0 Å². The Bertz CT molecular complexity index is 578. The number of rotatable bonds is 6. The molecule has 1 heterocycles. The number of benzene rings is 1. The van der Waals surface area contributed by atoms with Crippen LogP contribution < -0.4 is 5.73 Å². The number of carbonyl (C=O) groups is 1. The summed E-state index contributed by atoms with van der Waals surface area (Å²) in [6.45, 7) is 2.92. The van der Waals surface area contributed by atoms with Crippen molar-refractivity contribution in [2.24, 2.45) is 0 Å². The van der Waals surface area contributed by atoms with Gasteiger partial charge in [-0.15, -0.1) is 0 Å². The Labute approximate surface area is 118 Å². The second-order valence-electron chi connectivity index (χ2n) is 4.63. The van der Waals surface area contributed by atoms with Crippen molar-refractivity contribution in [1.82, 2.24) is 9.55 Å². The lowest BCUT2D eigenvalue weighted by Crippen LogP contribution is -2.12. The van der Waals surface area contributed by atoms with Crippen molar-refractivity contribution in [2.75, 3.05) is 12.3 Å². The van der Waals surface area contributed by atoms with Gasteiger partial charge in [-0.05, 0) is 31.0 Å². The van der Waals surface area contributed by atoms with E-state index in [1.165, 1.54) is 0 Å². The van der Waals surface area contributed by atoms with E-state index in [-0.39, 0.29) is 5.97 Å². The first kappa shape index (κ1) is 14.1. The van der Waals surface area contributed by atoms with E-state index >= 15 is 0 Å². The minimum atomic E-state index is -0.190. The van der Waals surface area contributed by atoms with Gasteiger partial charge < -0.3 is 15.0 Å². The van der Waals surface area contributed by atoms with Crippen LogP contribution in [0.15, 0.2) is 36.7 Å². The highest BCUT2D eigenvalue weighted by molar-refractivity contribution is 5.69. The van der Waals surface area contributed by atoms with E-state index in [9.17, 15) is 4.79 Å². The molecule has 5 nitrogen and oxygen atoms in total. The van der Waals surface area contributed by atoms with E-state index in [0.717, 1.165) is 11.4 Å². The van der Waals surface area contributed by atoms with E-state index in [0.29, 0.717) is 31.7 Å². The fourth-order valence-corrected chi connectivity index (χ4v) is 1.97. The second-order valence-corrected chi connectivity index (χ2v) is 4.63. The third-order valence-electron chi connectivity index (χ3n) is 3.09. The Morgan fingerprint density at radius 2 is 2.30 bits per heavy atom. The van der Waals surface area contributed by atoms with Gasteiger partial charge in [0.25, 0.3) is 0 Å². The topological polar surface area (TPSA) is 70.1 Å². The number of nitrogen functional groups attached to an aromatic ring is 1. The summed E-state index contributed by atoms with van der Waals surface area (Å²) in [4.78, 5) is 15.7. The van der Waals surface area contributed by atoms with Crippen molar-refractivity contribution in [3.8, 4) is 0 Å². The molecule has 1 aromatic carbocycles. The average molecular weight is 273 g/mol. The van der Waals surface area contributed by atoms with Crippen LogP contribution in [0.1, 0.15) is 17.8 Å². The molecule has 0 bridgehead atoms. The monoisotopic (exact) mass is 273 g/mol. The third kappa shape index (κ3) is 4.12. The predicted molar refractivity (Wildman–Crippen MR) is 77.1 cm³/mol. The molecule has 0 atom stereocenters. The van der Waals surface area contributed by atoms with Crippen molar-refractivity contribution in [3.05, 3.63) is 48.0 Å². The SMILES string of the molecule is Cc1nccn1CCOC(=O)CCc1cccc(N)c1. The summed E-state index contributed by atoms with van der Waals surface area (Å²) in [5.74, 6) is 0.728. The quantitative estimate of drug-likeness (QED) is 0.645. The molecule has 0 aliphatic heterocycles. The first-order valence-corrected chi connectivity index (χ1v) is 6.63. The summed E-state index contributed by atoms with van der Waals surface area (Å²) < 4.78 is 7.15. The summed E-state index contributed by atoms with van der Waals surface area (Å²) in [7, 11) is 0. The second kappa shape index (κ2) is 6.75. The Morgan fingerprint density at radius 1 is 1.45 bits per heavy atom. The molecule has 1 aromatic heterocycles. The zero-order valence-electron chi connectivity index (χ0n) is 11.6. The van der Waals surface area contributed by atoms with Crippen LogP contribution in [-0.4, -0.2) is 22.1 Å². The zero-order chi connectivity index (χ0) is 14.4. The van der Waals surface area contributed by atoms with Crippen LogP contribution in [0.4, 0.5) is 5.69 Å². The molecule has 0 aliphatic rings. The lowest BCUT2D eigenvalue weighted by Gasteiger charge is -2.07. The van der Waals surface area contributed by atoms with Gasteiger partial charge in [-0.25, -0.2) is 4.98 Å². The fraction of sp³-hybridized carbons (Fsp3) is 0.333. The van der Waals surface area contributed by atoms with Crippen LogP contribution in [0.5, 0.6) is 0 Å². The van der Waals surface area contributed by atoms with E-state index in [1.54, 1.807) is 6.20 Å². The van der Waals surface area contributed by atoms with Crippen LogP contribution in [0.2, 0.25) is 0 Å². The minimum Gasteiger partial charge on any atom is -0.464 e. The van der Waals surface area contributed by atoms with Gasteiger partial charge in [0, 0.05) is 24.5 Å². The Kier molecular flexibility index (Phi) is 4.76. The number of ether oxygens (including phenoxy) is 1. The summed E-state index contributed by atoms with van der Waals surface area (Å²) in [5.41, 5.74) is 7.45. The van der Waals surface area contributed by atoms with Gasteiger partial charge in [0.1, 0.15) is 12.4 Å². The van der Waals surface area contributed by atoms with Crippen LogP contribution in [0, 0.1) is 6.92 Å². The van der Waals surface area contributed by atoms with Crippen LogP contribution in [0.3, 0.4) is 0 Å². The molecule has 0 unspecified atom stereocenters. The predicted octanol–water partition coefficient (Wildman–Crippen LogP) is 1.95. The minimum absolute atomic E-state index is 0.190. The van der Waals surface area contributed by atoms with Gasteiger partial charge >= 0.3 is 5.97 Å². The van der Waals surface area contributed by atoms with Crippen LogP contribution in [0.25, 0.3) is 0 Å². The van der Waals surface area contributed by atoms with Gasteiger partial charge in [0.05, 0.1) is 6.54 Å². The normalized spacial score (nSPS) is 10.4. The van der Waals surface area contributed by atoms with Crippen molar-refractivity contribution in [3.63, 3.8) is 0 Å². The van der Waals surface area contributed by atoms with Crippen molar-refractivity contribution in [2.45, 2.75) is 26.3 Å². The van der Waals surface area contributed by atoms with Crippen LogP contribution in [-0.2, 0) is 22.5 Å². The summed E-state index contributed by atoms with van der Waals surface area (Å²) in [6.07, 6.45) is 4.62. The maximum atomic E-state index is 11.6. The number of esters is 1. The maximum absolute atomic E-state index is 11.6. The fourth-order valence-electron chi connectivity index (χ4n) is 1.97. The molecule has 0 saturated carbocycles. The summed E-state index contributed by atoms with van der Waals surface area (Å²) >= 11 is 0. The molecule has 0 amide bonds. The maximum Gasteiger partial charge on any atom is 0.306 e. The molecule has 2 aromatic rings. The molecule has 0 spiro atoms. The molecular formula is C15H19N3O2. The number of aryl methyl sites for hydroxylation is 2. The smallest absolute Gasteiger partial charge is 0.306 e. The lowest BCUT2D eigenvalue weighted by atomic mass is 10.1. The largest absolute Gasteiger partial charge is 0.464 e. The van der Waals surface area contributed by atoms with Crippen molar-refractivity contribution in [1.29, 1.82) is 0 Å². The van der Waals surface area contributed by atoms with Crippen molar-refractivity contribution >= 4 is 11.7 Å². The van der Waals surface area contributed by atoms with Crippen LogP contribution >= 0.6 is 0 Å². The molecule has 2 rings (SSSR count). The molecule has 0 fully saturated rings. The summed E-state index contributed by atoms with van der Waals surface area (Å²) in [5, 5.41) is 0. The molecular weight excluding hydrogens is 254 g/mol. The molecule has 20 heavy (non-hydrogen) atoms. The van der Waals surface area contributed by atoms with E-state index < -0.39 is 0 Å². The molecule has 0 radical (unpaired) electrons. The van der Waals surface area contributed by atoms with E-state index in [2.05, 4.69) is 4.98 Å². The lowest BCUT2D eigenvalue weighted by molar-refractivity contribution is -0.143. The number of nitrogens with zero attached hydrogens (tertiary/aromatic N) is 2. The van der Waals surface area contributed by atoms with Gasteiger partial charge in [0.2, 0.25) is 0 Å². The number of anilines is 1. The number of hydrogen-bond acceptors (Lipinski definition) is 4. The third-order valence-corrected chi connectivity index (χ3v) is 3.09. The number of hydrogen-bond donors (Lipinski definition) is 1. The van der Waals surface area contributed by atoms with E-state index in [4.69, 9.17) is 10.5 Å². The first-order chi connectivity index (χ1) is 9.65. The van der Waals surface area contributed by atoms with Gasteiger partial charge in [-0.2, -0.15) is 0 Å². The summed E-state index contributed by atoms with van der Waals surface area (Å²) in [6, 6.07) is 7.55. The Morgan fingerprint density at radius 3 is 3.00 bits per heavy atom.